The van der Waals surface area contributed by atoms with Crippen molar-refractivity contribution in [3.8, 4) is 0 Å². The number of carboxylic acids is 1. The second kappa shape index (κ2) is 8.40. The van der Waals surface area contributed by atoms with E-state index in [0.29, 0.717) is 5.69 Å². The molecule has 0 fully saturated rings. The van der Waals surface area contributed by atoms with Gasteiger partial charge in [0.1, 0.15) is 4.90 Å². The van der Waals surface area contributed by atoms with Gasteiger partial charge in [0.25, 0.3) is 10.0 Å². The Morgan fingerprint density at radius 3 is 2.36 bits per heavy atom. The van der Waals surface area contributed by atoms with E-state index in [2.05, 4.69) is 15.9 Å². The quantitative estimate of drug-likeness (QED) is 0.634. The third kappa shape index (κ3) is 5.10. The standard InChI is InChI=1S/C16H14BrCl2NO4S/c17-11-3-6-13(7-4-11)20(9-1-2-16(21)22)25(23,24)15-10-12(18)5-8-14(15)19/h3-8,10H,1-2,9H2,(H,21,22). The van der Waals surface area contributed by atoms with Crippen LogP contribution in [0.5, 0.6) is 0 Å². The van der Waals surface area contributed by atoms with E-state index in [4.69, 9.17) is 28.3 Å². The van der Waals surface area contributed by atoms with Gasteiger partial charge in [-0.25, -0.2) is 8.42 Å². The molecule has 0 atom stereocenters. The molecule has 0 heterocycles. The summed E-state index contributed by atoms with van der Waals surface area (Å²) in [6, 6.07) is 10.8. The van der Waals surface area contributed by atoms with Crippen LogP contribution in [0.1, 0.15) is 12.8 Å². The van der Waals surface area contributed by atoms with Gasteiger partial charge in [0, 0.05) is 22.5 Å². The van der Waals surface area contributed by atoms with E-state index in [1.54, 1.807) is 24.3 Å². The Labute approximate surface area is 164 Å². The molecule has 25 heavy (non-hydrogen) atoms. The zero-order chi connectivity index (χ0) is 18.6. The van der Waals surface area contributed by atoms with Crippen LogP contribution in [0, 0.1) is 0 Å². The summed E-state index contributed by atoms with van der Waals surface area (Å²) >= 11 is 15.3. The Morgan fingerprint density at radius 1 is 1.12 bits per heavy atom. The minimum absolute atomic E-state index is 0.000885. The number of hydrogen-bond donors (Lipinski definition) is 1. The molecule has 0 aliphatic rings. The summed E-state index contributed by atoms with van der Waals surface area (Å²) in [5, 5.41) is 9.11. The van der Waals surface area contributed by atoms with E-state index in [9.17, 15) is 13.2 Å². The molecule has 5 nitrogen and oxygen atoms in total. The number of carbonyl (C=O) groups is 1. The SMILES string of the molecule is O=C(O)CCCN(c1ccc(Br)cc1)S(=O)(=O)c1cc(Cl)ccc1Cl. The van der Waals surface area contributed by atoms with Crippen LogP contribution in [0.25, 0.3) is 0 Å². The Balaban J connectivity index is 2.47. The number of aliphatic carboxylic acids is 1. The van der Waals surface area contributed by atoms with Crippen LogP contribution in [0.3, 0.4) is 0 Å². The molecule has 0 bridgehead atoms. The van der Waals surface area contributed by atoms with E-state index in [0.717, 1.165) is 8.78 Å². The van der Waals surface area contributed by atoms with E-state index >= 15 is 0 Å². The molecule has 2 aromatic carbocycles. The van der Waals surface area contributed by atoms with E-state index in [-0.39, 0.29) is 34.3 Å². The third-order valence-electron chi connectivity index (χ3n) is 3.33. The van der Waals surface area contributed by atoms with Gasteiger partial charge in [-0.1, -0.05) is 39.1 Å². The molecule has 2 rings (SSSR count). The van der Waals surface area contributed by atoms with Crippen LogP contribution in [-0.4, -0.2) is 26.0 Å². The topological polar surface area (TPSA) is 74.7 Å². The second-order valence-corrected chi connectivity index (χ2v) is 8.72. The van der Waals surface area contributed by atoms with Crippen LogP contribution in [0.2, 0.25) is 10.0 Å². The van der Waals surface area contributed by atoms with Gasteiger partial charge in [0.15, 0.2) is 0 Å². The lowest BCUT2D eigenvalue weighted by Gasteiger charge is -2.25. The zero-order valence-electron chi connectivity index (χ0n) is 12.8. The van der Waals surface area contributed by atoms with Gasteiger partial charge in [-0.05, 0) is 48.9 Å². The Bertz CT molecular complexity index is 872. The van der Waals surface area contributed by atoms with E-state index < -0.39 is 16.0 Å². The summed E-state index contributed by atoms with van der Waals surface area (Å²) in [5.41, 5.74) is 0.407. The number of anilines is 1. The first-order valence-corrected chi connectivity index (χ1v) is 10.2. The van der Waals surface area contributed by atoms with Crippen molar-refractivity contribution in [2.45, 2.75) is 17.7 Å². The number of benzene rings is 2. The van der Waals surface area contributed by atoms with Crippen LogP contribution in [0.4, 0.5) is 5.69 Å². The lowest BCUT2D eigenvalue weighted by atomic mass is 10.3. The first-order chi connectivity index (χ1) is 11.7. The molecule has 0 spiro atoms. The summed E-state index contributed by atoms with van der Waals surface area (Å²) in [4.78, 5) is 10.6. The van der Waals surface area contributed by atoms with Crippen LogP contribution in [-0.2, 0) is 14.8 Å². The fourth-order valence-electron chi connectivity index (χ4n) is 2.16. The molecule has 0 aromatic heterocycles. The second-order valence-electron chi connectivity index (χ2n) is 5.13. The Kier molecular flexibility index (Phi) is 6.73. The molecule has 0 aliphatic carbocycles. The number of hydrogen-bond acceptors (Lipinski definition) is 3. The van der Waals surface area contributed by atoms with E-state index in [1.165, 1.54) is 18.2 Å². The molecule has 0 saturated carbocycles. The molecule has 0 radical (unpaired) electrons. The maximum absolute atomic E-state index is 13.1. The predicted molar refractivity (Wildman–Crippen MR) is 102 cm³/mol. The zero-order valence-corrected chi connectivity index (χ0v) is 16.7. The molecule has 9 heteroatoms. The van der Waals surface area contributed by atoms with Gasteiger partial charge in [-0.15, -0.1) is 0 Å². The minimum atomic E-state index is -4.01. The number of carboxylic acid groups (broad SMARTS) is 1. The van der Waals surface area contributed by atoms with Gasteiger partial charge in [0.05, 0.1) is 10.7 Å². The number of sulfonamides is 1. The first-order valence-electron chi connectivity index (χ1n) is 7.17. The van der Waals surface area contributed by atoms with Crippen molar-refractivity contribution in [1.29, 1.82) is 0 Å². The van der Waals surface area contributed by atoms with Crippen LogP contribution in [0.15, 0.2) is 51.8 Å². The maximum atomic E-state index is 13.1. The smallest absolute Gasteiger partial charge is 0.303 e. The molecule has 0 amide bonds. The Morgan fingerprint density at radius 2 is 1.76 bits per heavy atom. The fraction of sp³-hybridized carbons (Fsp3) is 0.188. The number of rotatable bonds is 7. The van der Waals surface area contributed by atoms with E-state index in [1.807, 2.05) is 0 Å². The largest absolute Gasteiger partial charge is 0.481 e. The van der Waals surface area contributed by atoms with Crippen molar-refractivity contribution in [3.63, 3.8) is 0 Å². The summed E-state index contributed by atoms with van der Waals surface area (Å²) in [7, 11) is -4.01. The molecular formula is C16H14BrCl2NO4S. The molecule has 134 valence electrons. The molecule has 0 saturated heterocycles. The van der Waals surface area contributed by atoms with Crippen LogP contribution >= 0.6 is 39.1 Å². The number of nitrogens with zero attached hydrogens (tertiary/aromatic N) is 1. The third-order valence-corrected chi connectivity index (χ3v) is 6.40. The highest BCUT2D eigenvalue weighted by atomic mass is 79.9. The average Bonchev–Trinajstić information content (AvgIpc) is 2.54. The highest BCUT2D eigenvalue weighted by Gasteiger charge is 2.27. The monoisotopic (exact) mass is 465 g/mol. The van der Waals surface area contributed by atoms with Crippen molar-refractivity contribution in [1.82, 2.24) is 0 Å². The van der Waals surface area contributed by atoms with Gasteiger partial charge in [-0.3, -0.25) is 9.10 Å². The lowest BCUT2D eigenvalue weighted by Crippen LogP contribution is -2.32. The van der Waals surface area contributed by atoms with Gasteiger partial charge >= 0.3 is 5.97 Å². The lowest BCUT2D eigenvalue weighted by molar-refractivity contribution is -0.137. The maximum Gasteiger partial charge on any atom is 0.303 e. The Hall–Kier alpha value is -1.28. The van der Waals surface area contributed by atoms with Crippen molar-refractivity contribution in [2.75, 3.05) is 10.8 Å². The van der Waals surface area contributed by atoms with Gasteiger partial charge in [0.2, 0.25) is 0 Å². The molecule has 0 aliphatic heterocycles. The normalized spacial score (nSPS) is 11.3. The van der Waals surface area contributed by atoms with Crippen LogP contribution < -0.4 is 4.31 Å². The predicted octanol–water partition coefficient (Wildman–Crippen LogP) is 4.82. The molecule has 1 N–H and O–H groups in total. The highest BCUT2D eigenvalue weighted by molar-refractivity contribution is 9.10. The summed E-state index contributed by atoms with van der Waals surface area (Å²) in [6.45, 7) is -0.000885. The van der Waals surface area contributed by atoms with Crippen molar-refractivity contribution >= 4 is 60.8 Å². The van der Waals surface area contributed by atoms with Crippen molar-refractivity contribution in [2.24, 2.45) is 0 Å². The molecular weight excluding hydrogens is 453 g/mol. The summed E-state index contributed by atoms with van der Waals surface area (Å²) in [6.07, 6.45) is 0.00857. The average molecular weight is 467 g/mol. The fourth-order valence-corrected chi connectivity index (χ4v) is 4.67. The van der Waals surface area contributed by atoms with Gasteiger partial charge in [-0.2, -0.15) is 0 Å². The summed E-state index contributed by atoms with van der Waals surface area (Å²) < 4.78 is 28.1. The molecule has 0 unspecified atom stereocenters. The summed E-state index contributed by atoms with van der Waals surface area (Å²) in [5.74, 6) is -0.992. The highest BCUT2D eigenvalue weighted by Crippen LogP contribution is 2.31. The van der Waals surface area contributed by atoms with Crippen molar-refractivity contribution < 1.29 is 18.3 Å². The van der Waals surface area contributed by atoms with Crippen molar-refractivity contribution in [3.05, 3.63) is 57.0 Å². The minimum Gasteiger partial charge on any atom is -0.481 e. The molecule has 2 aromatic rings. The van der Waals surface area contributed by atoms with Gasteiger partial charge < -0.3 is 5.11 Å². The number of halogens is 3. The first kappa shape index (κ1) is 20.0.